The molecule has 0 radical (unpaired) electrons. The van der Waals surface area contributed by atoms with Crippen LogP contribution in [-0.2, 0) is 16.1 Å². The van der Waals surface area contributed by atoms with Crippen LogP contribution in [-0.4, -0.2) is 34.8 Å². The third kappa shape index (κ3) is 7.44. The Morgan fingerprint density at radius 2 is 2.14 bits per heavy atom. The van der Waals surface area contributed by atoms with E-state index in [0.717, 1.165) is 12.0 Å². The molecule has 1 heterocycles. The van der Waals surface area contributed by atoms with Crippen LogP contribution in [0.2, 0.25) is 0 Å². The fourth-order valence-electron chi connectivity index (χ4n) is 1.89. The second-order valence-electron chi connectivity index (χ2n) is 5.58. The minimum absolute atomic E-state index is 0.00640. The van der Waals surface area contributed by atoms with Crippen molar-refractivity contribution < 1.29 is 9.59 Å². The first-order valence-corrected chi connectivity index (χ1v) is 7.40. The highest BCUT2D eigenvalue weighted by Gasteiger charge is 2.11. The molecule has 1 rings (SSSR count). The van der Waals surface area contributed by atoms with Crippen molar-refractivity contribution in [2.24, 2.45) is 5.92 Å². The first kappa shape index (κ1) is 17.1. The third-order valence-electron chi connectivity index (χ3n) is 3.19. The van der Waals surface area contributed by atoms with E-state index < -0.39 is 0 Å². The summed E-state index contributed by atoms with van der Waals surface area (Å²) in [5.41, 5.74) is 0.966. The number of hydrogen-bond donors (Lipinski definition) is 1. The minimum Gasteiger partial charge on any atom is -0.356 e. The van der Waals surface area contributed by atoms with Crippen molar-refractivity contribution in [1.29, 1.82) is 0 Å². The molecule has 0 saturated heterocycles. The van der Waals surface area contributed by atoms with Gasteiger partial charge in [0.2, 0.25) is 11.8 Å². The quantitative estimate of drug-likeness (QED) is 0.796. The summed E-state index contributed by atoms with van der Waals surface area (Å²) < 4.78 is 0. The van der Waals surface area contributed by atoms with Gasteiger partial charge < -0.3 is 10.2 Å². The van der Waals surface area contributed by atoms with Crippen LogP contribution in [0.1, 0.15) is 39.2 Å². The van der Waals surface area contributed by atoms with E-state index in [9.17, 15) is 9.59 Å². The van der Waals surface area contributed by atoms with Crippen molar-refractivity contribution in [2.75, 3.05) is 13.1 Å². The summed E-state index contributed by atoms with van der Waals surface area (Å²) in [4.78, 5) is 29.1. The number of amides is 2. The maximum atomic E-state index is 11.7. The fourth-order valence-corrected chi connectivity index (χ4v) is 1.89. The first-order chi connectivity index (χ1) is 9.99. The Labute approximate surface area is 126 Å². The van der Waals surface area contributed by atoms with Gasteiger partial charge in [-0.05, 0) is 24.0 Å². The van der Waals surface area contributed by atoms with Crippen molar-refractivity contribution in [3.05, 3.63) is 30.1 Å². The molecule has 0 aliphatic carbocycles. The predicted octanol–water partition coefficient (Wildman–Crippen LogP) is 1.98. The molecule has 1 N–H and O–H groups in total. The number of carbonyl (C=O) groups excluding carboxylic acids is 2. The van der Waals surface area contributed by atoms with E-state index in [1.54, 1.807) is 17.3 Å². The van der Waals surface area contributed by atoms with Crippen LogP contribution in [0.25, 0.3) is 0 Å². The highest BCUT2D eigenvalue weighted by molar-refractivity contribution is 5.77. The molecule has 0 unspecified atom stereocenters. The molecule has 5 nitrogen and oxygen atoms in total. The van der Waals surface area contributed by atoms with Crippen LogP contribution in [0.3, 0.4) is 0 Å². The summed E-state index contributed by atoms with van der Waals surface area (Å²) >= 11 is 0. The van der Waals surface area contributed by atoms with E-state index in [1.807, 2.05) is 12.1 Å². The van der Waals surface area contributed by atoms with Gasteiger partial charge in [-0.3, -0.25) is 14.6 Å². The molecule has 0 atom stereocenters. The lowest BCUT2D eigenvalue weighted by Crippen LogP contribution is -2.34. The van der Waals surface area contributed by atoms with Gasteiger partial charge in [-0.1, -0.05) is 19.9 Å². The number of carbonyl (C=O) groups is 2. The average molecular weight is 291 g/mol. The smallest absolute Gasteiger partial charge is 0.221 e. The first-order valence-electron chi connectivity index (χ1n) is 7.40. The van der Waals surface area contributed by atoms with Gasteiger partial charge in [-0.15, -0.1) is 0 Å². The van der Waals surface area contributed by atoms with E-state index in [1.165, 1.54) is 6.92 Å². The average Bonchev–Trinajstić information content (AvgIpc) is 2.43. The summed E-state index contributed by atoms with van der Waals surface area (Å²) in [6, 6.07) is 3.76. The number of nitrogens with zero attached hydrogens (tertiary/aromatic N) is 2. The molecule has 0 aliphatic rings. The van der Waals surface area contributed by atoms with E-state index in [4.69, 9.17) is 0 Å². The molecule has 0 aliphatic heterocycles. The van der Waals surface area contributed by atoms with Crippen molar-refractivity contribution in [3.8, 4) is 0 Å². The topological polar surface area (TPSA) is 62.3 Å². The minimum atomic E-state index is -0.0335. The van der Waals surface area contributed by atoms with E-state index in [2.05, 4.69) is 24.1 Å². The van der Waals surface area contributed by atoms with Crippen molar-refractivity contribution in [3.63, 3.8) is 0 Å². The normalized spacial score (nSPS) is 10.5. The van der Waals surface area contributed by atoms with Gasteiger partial charge in [-0.25, -0.2) is 0 Å². The number of rotatable bonds is 8. The van der Waals surface area contributed by atoms with Crippen molar-refractivity contribution in [1.82, 2.24) is 15.2 Å². The monoisotopic (exact) mass is 291 g/mol. The number of pyridine rings is 1. The van der Waals surface area contributed by atoms with Crippen LogP contribution in [0.4, 0.5) is 0 Å². The zero-order valence-electron chi connectivity index (χ0n) is 13.1. The van der Waals surface area contributed by atoms with Crippen molar-refractivity contribution >= 4 is 11.8 Å². The molecule has 0 fully saturated rings. The van der Waals surface area contributed by atoms with Gasteiger partial charge in [0.25, 0.3) is 0 Å². The van der Waals surface area contributed by atoms with E-state index >= 15 is 0 Å². The van der Waals surface area contributed by atoms with Gasteiger partial charge >= 0.3 is 0 Å². The molecule has 21 heavy (non-hydrogen) atoms. The Balaban J connectivity index is 2.38. The van der Waals surface area contributed by atoms with Crippen LogP contribution in [0.5, 0.6) is 0 Å². The zero-order chi connectivity index (χ0) is 15.7. The number of nitrogens with one attached hydrogen (secondary N) is 1. The fraction of sp³-hybridized carbons (Fsp3) is 0.562. The molecule has 0 bridgehead atoms. The summed E-state index contributed by atoms with van der Waals surface area (Å²) in [5, 5.41) is 2.88. The predicted molar refractivity (Wildman–Crippen MR) is 82.4 cm³/mol. The standard InChI is InChI=1S/C16H25N3O2/c1-13(2)6-9-18-16(21)7-10-19(14(3)20)12-15-5-4-8-17-11-15/h4-5,8,11,13H,6-7,9-10,12H2,1-3H3,(H,18,21). The molecule has 1 aromatic heterocycles. The highest BCUT2D eigenvalue weighted by atomic mass is 16.2. The molecule has 116 valence electrons. The summed E-state index contributed by atoms with van der Waals surface area (Å²) in [7, 11) is 0. The van der Waals surface area contributed by atoms with Gasteiger partial charge in [0, 0.05) is 45.4 Å². The van der Waals surface area contributed by atoms with Crippen molar-refractivity contribution in [2.45, 2.75) is 40.2 Å². The Kier molecular flexibility index (Phi) is 7.43. The Morgan fingerprint density at radius 3 is 2.71 bits per heavy atom. The van der Waals surface area contributed by atoms with Gasteiger partial charge in [-0.2, -0.15) is 0 Å². The third-order valence-corrected chi connectivity index (χ3v) is 3.19. The number of aromatic nitrogens is 1. The summed E-state index contributed by atoms with van der Waals surface area (Å²) in [6.07, 6.45) is 4.73. The largest absolute Gasteiger partial charge is 0.356 e. The molecular weight excluding hydrogens is 266 g/mol. The lowest BCUT2D eigenvalue weighted by Gasteiger charge is -2.20. The van der Waals surface area contributed by atoms with Gasteiger partial charge in [0.1, 0.15) is 0 Å². The second kappa shape index (κ2) is 9.10. The maximum absolute atomic E-state index is 11.7. The summed E-state index contributed by atoms with van der Waals surface area (Å²) in [6.45, 7) is 7.38. The van der Waals surface area contributed by atoms with Gasteiger partial charge in [0.05, 0.1) is 0 Å². The maximum Gasteiger partial charge on any atom is 0.221 e. The van der Waals surface area contributed by atoms with Crippen LogP contribution >= 0.6 is 0 Å². The molecular formula is C16H25N3O2. The van der Waals surface area contributed by atoms with E-state index in [0.29, 0.717) is 32.0 Å². The Morgan fingerprint density at radius 1 is 1.38 bits per heavy atom. The summed E-state index contributed by atoms with van der Waals surface area (Å²) in [5.74, 6) is 0.534. The molecule has 0 spiro atoms. The lowest BCUT2D eigenvalue weighted by molar-refractivity contribution is -0.130. The molecule has 0 aromatic carbocycles. The molecule has 2 amide bonds. The highest BCUT2D eigenvalue weighted by Crippen LogP contribution is 2.04. The molecule has 0 saturated carbocycles. The Bertz CT molecular complexity index is 446. The molecule has 5 heteroatoms. The lowest BCUT2D eigenvalue weighted by atomic mass is 10.1. The van der Waals surface area contributed by atoms with E-state index in [-0.39, 0.29) is 11.8 Å². The van der Waals surface area contributed by atoms with Gasteiger partial charge in [0.15, 0.2) is 0 Å². The second-order valence-corrected chi connectivity index (χ2v) is 5.58. The van der Waals surface area contributed by atoms with Crippen LogP contribution in [0, 0.1) is 5.92 Å². The zero-order valence-corrected chi connectivity index (χ0v) is 13.1. The Hall–Kier alpha value is -1.91. The SMILES string of the molecule is CC(=O)N(CCC(=O)NCCC(C)C)Cc1cccnc1. The molecule has 1 aromatic rings. The van der Waals surface area contributed by atoms with Crippen LogP contribution < -0.4 is 5.32 Å². The van der Waals surface area contributed by atoms with Crippen LogP contribution in [0.15, 0.2) is 24.5 Å². The number of hydrogen-bond acceptors (Lipinski definition) is 3.